The van der Waals surface area contributed by atoms with Crippen molar-refractivity contribution in [2.75, 3.05) is 0 Å². The van der Waals surface area contributed by atoms with Crippen LogP contribution in [-0.2, 0) is 6.42 Å². The van der Waals surface area contributed by atoms with Gasteiger partial charge in [-0.1, -0.05) is 6.07 Å². The third kappa shape index (κ3) is 2.59. The number of nitrogens with zero attached hydrogens (tertiary/aromatic N) is 1. The van der Waals surface area contributed by atoms with Crippen molar-refractivity contribution in [1.82, 2.24) is 4.98 Å². The zero-order chi connectivity index (χ0) is 13.1. The van der Waals surface area contributed by atoms with Crippen molar-refractivity contribution in [3.8, 4) is 0 Å². The number of rotatable bonds is 3. The minimum absolute atomic E-state index is 0.0198. The monoisotopic (exact) mass is 247 g/mol. The van der Waals surface area contributed by atoms with Crippen LogP contribution in [0.3, 0.4) is 0 Å². The van der Waals surface area contributed by atoms with Gasteiger partial charge in [0.05, 0.1) is 11.8 Å². The van der Waals surface area contributed by atoms with Gasteiger partial charge in [-0.2, -0.15) is 0 Å². The quantitative estimate of drug-likeness (QED) is 0.780. The Hall–Kier alpha value is -2.10. The molecule has 0 radical (unpaired) electrons. The number of carbonyl (C=O) groups excluding carboxylic acids is 1. The van der Waals surface area contributed by atoms with E-state index in [1.165, 1.54) is 24.4 Å². The third-order valence-electron chi connectivity index (χ3n) is 2.74. The molecule has 0 N–H and O–H groups in total. The minimum Gasteiger partial charge on any atom is -0.294 e. The number of Topliss-reactive ketones (excluding diaryl/α,β-unsaturated/α-hetero) is 1. The summed E-state index contributed by atoms with van der Waals surface area (Å²) in [6, 6.07) is 5.55. The van der Waals surface area contributed by atoms with Crippen LogP contribution in [-0.4, -0.2) is 10.8 Å². The van der Waals surface area contributed by atoms with Gasteiger partial charge in [0.2, 0.25) is 0 Å². The lowest BCUT2D eigenvalue weighted by Crippen LogP contribution is -2.07. The lowest BCUT2D eigenvalue weighted by Gasteiger charge is -2.06. The summed E-state index contributed by atoms with van der Waals surface area (Å²) in [4.78, 5) is 15.5. The fourth-order valence-electron chi connectivity index (χ4n) is 1.70. The first-order chi connectivity index (χ1) is 8.58. The second kappa shape index (κ2) is 5.04. The highest BCUT2D eigenvalue weighted by Crippen LogP contribution is 2.15. The predicted molar refractivity (Wildman–Crippen MR) is 63.4 cm³/mol. The maximum Gasteiger partial charge on any atom is 0.170 e. The van der Waals surface area contributed by atoms with Gasteiger partial charge in [0.25, 0.3) is 0 Å². The molecule has 0 aliphatic carbocycles. The first-order valence-corrected chi connectivity index (χ1v) is 5.45. The van der Waals surface area contributed by atoms with Crippen LogP contribution in [0.1, 0.15) is 21.5 Å². The van der Waals surface area contributed by atoms with E-state index in [-0.39, 0.29) is 17.8 Å². The molecule has 1 heterocycles. The van der Waals surface area contributed by atoms with E-state index in [1.54, 1.807) is 13.0 Å². The van der Waals surface area contributed by atoms with Gasteiger partial charge in [0.15, 0.2) is 11.6 Å². The normalized spacial score (nSPS) is 10.4. The second-order valence-corrected chi connectivity index (χ2v) is 4.03. The summed E-state index contributed by atoms with van der Waals surface area (Å²) in [6.07, 6.45) is 2.32. The molecule has 0 saturated heterocycles. The van der Waals surface area contributed by atoms with Crippen LogP contribution >= 0.6 is 0 Å². The molecule has 0 amide bonds. The average Bonchev–Trinajstić information content (AvgIpc) is 2.34. The number of halogens is 2. The average molecular weight is 247 g/mol. The molecule has 2 nitrogen and oxygen atoms in total. The van der Waals surface area contributed by atoms with E-state index in [9.17, 15) is 13.6 Å². The van der Waals surface area contributed by atoms with Crippen LogP contribution in [0, 0.1) is 18.6 Å². The fourth-order valence-corrected chi connectivity index (χ4v) is 1.70. The number of hydrogen-bond donors (Lipinski definition) is 0. The van der Waals surface area contributed by atoms with Crippen molar-refractivity contribution < 1.29 is 13.6 Å². The number of aromatic nitrogens is 1. The molecule has 1 aromatic heterocycles. The van der Waals surface area contributed by atoms with Crippen LogP contribution in [0.15, 0.2) is 36.7 Å². The maximum atomic E-state index is 13.4. The molecule has 0 fully saturated rings. The summed E-state index contributed by atoms with van der Waals surface area (Å²) in [6.45, 7) is 1.78. The molecule has 0 aliphatic rings. The molecule has 92 valence electrons. The molecule has 0 aliphatic heterocycles. The van der Waals surface area contributed by atoms with Gasteiger partial charge in [-0.15, -0.1) is 0 Å². The van der Waals surface area contributed by atoms with E-state index in [0.29, 0.717) is 5.56 Å². The molecule has 0 spiro atoms. The number of benzene rings is 1. The summed E-state index contributed by atoms with van der Waals surface area (Å²) in [5.74, 6) is -1.45. The van der Waals surface area contributed by atoms with Gasteiger partial charge in [-0.25, -0.2) is 8.78 Å². The molecular weight excluding hydrogens is 236 g/mol. The van der Waals surface area contributed by atoms with E-state index in [2.05, 4.69) is 4.98 Å². The zero-order valence-corrected chi connectivity index (χ0v) is 9.78. The fraction of sp³-hybridized carbons (Fsp3) is 0.143. The first kappa shape index (κ1) is 12.4. The first-order valence-electron chi connectivity index (χ1n) is 5.45. The molecule has 18 heavy (non-hydrogen) atoms. The Balaban J connectivity index is 2.27. The molecule has 0 unspecified atom stereocenters. The van der Waals surface area contributed by atoms with Crippen molar-refractivity contribution in [3.05, 3.63) is 65.0 Å². The van der Waals surface area contributed by atoms with Crippen molar-refractivity contribution >= 4 is 5.78 Å². The van der Waals surface area contributed by atoms with Gasteiger partial charge in [-0.05, 0) is 36.2 Å². The standard InChI is InChI=1S/C14H11F2NO/c1-9-2-3-11(15)6-10(9)7-14(18)12-4-5-17-8-13(12)16/h2-6,8H,7H2,1H3. The van der Waals surface area contributed by atoms with E-state index in [1.807, 2.05) is 0 Å². The van der Waals surface area contributed by atoms with Gasteiger partial charge in [0, 0.05) is 12.6 Å². The number of ketones is 1. The summed E-state index contributed by atoms with van der Waals surface area (Å²) in [5.41, 5.74) is 1.35. The summed E-state index contributed by atoms with van der Waals surface area (Å²) in [5, 5.41) is 0. The minimum atomic E-state index is -0.656. The molecule has 0 saturated carbocycles. The van der Waals surface area contributed by atoms with Crippen molar-refractivity contribution in [3.63, 3.8) is 0 Å². The van der Waals surface area contributed by atoms with Gasteiger partial charge >= 0.3 is 0 Å². The van der Waals surface area contributed by atoms with E-state index in [4.69, 9.17) is 0 Å². The zero-order valence-electron chi connectivity index (χ0n) is 9.78. The Labute approximate surface area is 103 Å². The Morgan fingerprint density at radius 1 is 1.28 bits per heavy atom. The Kier molecular flexibility index (Phi) is 3.46. The Morgan fingerprint density at radius 2 is 2.06 bits per heavy atom. The summed E-state index contributed by atoms with van der Waals surface area (Å²) < 4.78 is 26.4. The Bertz CT molecular complexity index is 596. The van der Waals surface area contributed by atoms with E-state index >= 15 is 0 Å². The van der Waals surface area contributed by atoms with Crippen LogP contribution < -0.4 is 0 Å². The predicted octanol–water partition coefficient (Wildman–Crippen LogP) is 3.09. The highest BCUT2D eigenvalue weighted by Gasteiger charge is 2.13. The number of carbonyl (C=O) groups is 1. The van der Waals surface area contributed by atoms with Crippen LogP contribution in [0.25, 0.3) is 0 Å². The SMILES string of the molecule is Cc1ccc(F)cc1CC(=O)c1ccncc1F. The topological polar surface area (TPSA) is 30.0 Å². The van der Waals surface area contributed by atoms with E-state index in [0.717, 1.165) is 11.8 Å². The van der Waals surface area contributed by atoms with Crippen molar-refractivity contribution in [2.24, 2.45) is 0 Å². The molecule has 1 aromatic carbocycles. The number of pyridine rings is 1. The molecule has 0 bridgehead atoms. The largest absolute Gasteiger partial charge is 0.294 e. The van der Waals surface area contributed by atoms with Crippen LogP contribution in [0.4, 0.5) is 8.78 Å². The Morgan fingerprint density at radius 3 is 2.78 bits per heavy atom. The highest BCUT2D eigenvalue weighted by molar-refractivity contribution is 5.97. The lowest BCUT2D eigenvalue weighted by atomic mass is 10.00. The van der Waals surface area contributed by atoms with Crippen LogP contribution in [0.2, 0.25) is 0 Å². The molecule has 2 aromatic rings. The third-order valence-corrected chi connectivity index (χ3v) is 2.74. The summed E-state index contributed by atoms with van der Waals surface area (Å²) >= 11 is 0. The molecular formula is C14H11F2NO. The second-order valence-electron chi connectivity index (χ2n) is 4.03. The molecule has 4 heteroatoms. The number of hydrogen-bond acceptors (Lipinski definition) is 2. The van der Waals surface area contributed by atoms with Crippen molar-refractivity contribution in [2.45, 2.75) is 13.3 Å². The smallest absolute Gasteiger partial charge is 0.170 e. The molecule has 2 rings (SSSR count). The van der Waals surface area contributed by atoms with Gasteiger partial charge in [0.1, 0.15) is 5.82 Å². The van der Waals surface area contributed by atoms with Crippen molar-refractivity contribution in [1.29, 1.82) is 0 Å². The van der Waals surface area contributed by atoms with Gasteiger partial charge in [-0.3, -0.25) is 9.78 Å². The lowest BCUT2D eigenvalue weighted by molar-refractivity contribution is 0.0988. The van der Waals surface area contributed by atoms with Gasteiger partial charge < -0.3 is 0 Å². The van der Waals surface area contributed by atoms with Crippen LogP contribution in [0.5, 0.6) is 0 Å². The number of aryl methyl sites for hydroxylation is 1. The van der Waals surface area contributed by atoms with E-state index < -0.39 is 11.6 Å². The maximum absolute atomic E-state index is 13.4. The highest BCUT2D eigenvalue weighted by atomic mass is 19.1. The summed E-state index contributed by atoms with van der Waals surface area (Å²) in [7, 11) is 0. The molecule has 0 atom stereocenters.